The fraction of sp³-hybridized carbons (Fsp3) is 0.318. The van der Waals surface area contributed by atoms with E-state index in [2.05, 4.69) is 6.07 Å². The lowest BCUT2D eigenvalue weighted by atomic mass is 9.66. The number of hydrogen-bond donors (Lipinski definition) is 0. The van der Waals surface area contributed by atoms with Gasteiger partial charge in [-0.15, -0.1) is 0 Å². The van der Waals surface area contributed by atoms with E-state index < -0.39 is 0 Å². The molecule has 1 aliphatic carbocycles. The van der Waals surface area contributed by atoms with Crippen molar-refractivity contribution in [1.82, 2.24) is 4.90 Å². The van der Waals surface area contributed by atoms with Crippen LogP contribution in [0.15, 0.2) is 48.5 Å². The summed E-state index contributed by atoms with van der Waals surface area (Å²) in [6.07, 6.45) is 3.58. The van der Waals surface area contributed by atoms with Gasteiger partial charge in [-0.05, 0) is 36.6 Å². The highest BCUT2D eigenvalue weighted by Crippen LogP contribution is 2.52. The van der Waals surface area contributed by atoms with E-state index in [4.69, 9.17) is 0 Å². The van der Waals surface area contributed by atoms with Crippen LogP contribution in [-0.2, 0) is 10.2 Å². The number of carbonyl (C=O) groups is 3. The molecule has 0 aromatic heterocycles. The van der Waals surface area contributed by atoms with Crippen LogP contribution in [-0.4, -0.2) is 35.7 Å². The number of imide groups is 1. The topological polar surface area (TPSA) is 57.7 Å². The van der Waals surface area contributed by atoms with Gasteiger partial charge in [0, 0.05) is 30.6 Å². The summed E-state index contributed by atoms with van der Waals surface area (Å²) in [4.78, 5) is 41.0. The van der Waals surface area contributed by atoms with Gasteiger partial charge in [-0.3, -0.25) is 19.3 Å². The van der Waals surface area contributed by atoms with Crippen molar-refractivity contribution in [2.24, 2.45) is 0 Å². The van der Waals surface area contributed by atoms with E-state index in [0.717, 1.165) is 18.5 Å². The normalized spacial score (nSPS) is 19.3. The van der Waals surface area contributed by atoms with Crippen LogP contribution in [0.4, 0.5) is 5.69 Å². The van der Waals surface area contributed by atoms with Crippen molar-refractivity contribution in [3.05, 3.63) is 65.2 Å². The molecule has 5 heteroatoms. The molecule has 1 fully saturated rings. The maximum atomic E-state index is 13.0. The van der Waals surface area contributed by atoms with Gasteiger partial charge >= 0.3 is 0 Å². The first kappa shape index (κ1) is 16.2. The summed E-state index contributed by atoms with van der Waals surface area (Å²) >= 11 is 0. The van der Waals surface area contributed by atoms with Gasteiger partial charge in [-0.1, -0.05) is 36.8 Å². The quantitative estimate of drug-likeness (QED) is 0.790. The average Bonchev–Trinajstić information content (AvgIpc) is 3.14. The van der Waals surface area contributed by atoms with E-state index in [1.54, 1.807) is 24.3 Å². The average molecular weight is 360 g/mol. The number of carbonyl (C=O) groups excluding carboxylic acids is 3. The van der Waals surface area contributed by atoms with Crippen LogP contribution in [0.5, 0.6) is 0 Å². The third kappa shape index (κ3) is 2.27. The number of rotatable bonds is 3. The van der Waals surface area contributed by atoms with Crippen molar-refractivity contribution >= 4 is 23.4 Å². The van der Waals surface area contributed by atoms with Crippen molar-refractivity contribution in [1.29, 1.82) is 0 Å². The molecular formula is C22H20N2O3. The van der Waals surface area contributed by atoms with Gasteiger partial charge in [0.2, 0.25) is 5.91 Å². The minimum Gasteiger partial charge on any atom is -0.311 e. The van der Waals surface area contributed by atoms with Crippen molar-refractivity contribution in [3.63, 3.8) is 0 Å². The van der Waals surface area contributed by atoms with Crippen molar-refractivity contribution in [3.8, 4) is 0 Å². The Morgan fingerprint density at radius 1 is 0.926 bits per heavy atom. The molecule has 2 aromatic rings. The van der Waals surface area contributed by atoms with Crippen LogP contribution in [0.25, 0.3) is 0 Å². The Hall–Kier alpha value is -2.95. The van der Waals surface area contributed by atoms with E-state index in [1.807, 2.05) is 23.1 Å². The number of anilines is 1. The summed E-state index contributed by atoms with van der Waals surface area (Å²) in [5, 5.41) is 0. The minimum atomic E-state index is -0.305. The molecule has 2 heterocycles. The molecule has 1 saturated carbocycles. The van der Waals surface area contributed by atoms with Crippen LogP contribution in [0, 0.1) is 0 Å². The summed E-state index contributed by atoms with van der Waals surface area (Å²) in [7, 11) is 0. The van der Waals surface area contributed by atoms with Crippen molar-refractivity contribution in [2.75, 3.05) is 18.0 Å². The number of fused-ring (bicyclic) bond motifs is 3. The zero-order valence-corrected chi connectivity index (χ0v) is 15.0. The van der Waals surface area contributed by atoms with Gasteiger partial charge in [0.1, 0.15) is 0 Å². The number of nitrogens with zero attached hydrogens (tertiary/aromatic N) is 2. The smallest absolute Gasteiger partial charge is 0.261 e. The third-order valence-corrected chi connectivity index (χ3v) is 6.27. The summed E-state index contributed by atoms with van der Waals surface area (Å²) in [6, 6.07) is 14.9. The molecule has 1 spiro atoms. The number of benzene rings is 2. The fourth-order valence-electron chi connectivity index (χ4n) is 4.67. The predicted molar refractivity (Wildman–Crippen MR) is 101 cm³/mol. The SMILES string of the molecule is O=C1c2ccccc2C(=O)N1CCC(=O)N1CC2(CCC2)c2ccccc21. The highest BCUT2D eigenvalue weighted by molar-refractivity contribution is 6.21. The van der Waals surface area contributed by atoms with Crippen molar-refractivity contribution < 1.29 is 14.4 Å². The molecule has 2 aromatic carbocycles. The van der Waals surface area contributed by atoms with E-state index in [1.165, 1.54) is 16.9 Å². The second-order valence-electron chi connectivity index (χ2n) is 7.69. The van der Waals surface area contributed by atoms with E-state index in [9.17, 15) is 14.4 Å². The molecule has 2 aliphatic heterocycles. The Bertz CT molecular complexity index is 942. The Labute approximate surface area is 157 Å². The molecule has 0 N–H and O–H groups in total. The highest BCUT2D eigenvalue weighted by Gasteiger charge is 2.48. The number of hydrogen-bond acceptors (Lipinski definition) is 3. The first-order valence-corrected chi connectivity index (χ1v) is 9.46. The molecule has 0 bridgehead atoms. The lowest BCUT2D eigenvalue weighted by molar-refractivity contribution is -0.118. The molecule has 0 radical (unpaired) electrons. The largest absolute Gasteiger partial charge is 0.311 e. The molecule has 0 atom stereocenters. The van der Waals surface area contributed by atoms with Gasteiger partial charge in [0.25, 0.3) is 11.8 Å². The van der Waals surface area contributed by atoms with Crippen molar-refractivity contribution in [2.45, 2.75) is 31.1 Å². The monoisotopic (exact) mass is 360 g/mol. The Balaban J connectivity index is 1.33. The van der Waals surface area contributed by atoms with E-state index >= 15 is 0 Å². The first-order chi connectivity index (χ1) is 13.1. The Kier molecular flexibility index (Phi) is 3.47. The first-order valence-electron chi connectivity index (χ1n) is 9.46. The van der Waals surface area contributed by atoms with Crippen LogP contribution in [0.1, 0.15) is 52.0 Å². The van der Waals surface area contributed by atoms with E-state index in [-0.39, 0.29) is 36.1 Å². The molecule has 5 rings (SSSR count). The fourth-order valence-corrected chi connectivity index (χ4v) is 4.67. The van der Waals surface area contributed by atoms with Gasteiger partial charge in [-0.25, -0.2) is 0 Å². The number of para-hydroxylation sites is 1. The van der Waals surface area contributed by atoms with Crippen LogP contribution < -0.4 is 4.90 Å². The molecule has 0 unspecified atom stereocenters. The molecule has 0 saturated heterocycles. The molecule has 5 nitrogen and oxygen atoms in total. The van der Waals surface area contributed by atoms with E-state index in [0.29, 0.717) is 17.7 Å². The van der Waals surface area contributed by atoms with Crippen LogP contribution in [0.2, 0.25) is 0 Å². The summed E-state index contributed by atoms with van der Waals surface area (Å²) in [5.74, 6) is -0.635. The van der Waals surface area contributed by atoms with Crippen LogP contribution >= 0.6 is 0 Å². The molecular weight excluding hydrogens is 340 g/mol. The second-order valence-corrected chi connectivity index (χ2v) is 7.69. The molecule has 3 amide bonds. The van der Waals surface area contributed by atoms with Gasteiger partial charge < -0.3 is 4.90 Å². The summed E-state index contributed by atoms with van der Waals surface area (Å²) < 4.78 is 0. The molecule has 3 aliphatic rings. The van der Waals surface area contributed by atoms with Gasteiger partial charge in [0.05, 0.1) is 11.1 Å². The second kappa shape index (κ2) is 5.78. The summed E-state index contributed by atoms with van der Waals surface area (Å²) in [5.41, 5.74) is 3.22. The summed E-state index contributed by atoms with van der Waals surface area (Å²) in [6.45, 7) is 0.837. The standard InChI is InChI=1S/C22H20N2O3/c25-19(10-13-23-20(26)15-6-1-2-7-16(15)21(23)27)24-14-22(11-5-12-22)17-8-3-4-9-18(17)24/h1-4,6-9H,5,10-14H2. The number of amides is 3. The zero-order chi connectivity index (χ0) is 18.6. The molecule has 27 heavy (non-hydrogen) atoms. The lowest BCUT2D eigenvalue weighted by Crippen LogP contribution is -2.42. The predicted octanol–water partition coefficient (Wildman–Crippen LogP) is 3.14. The Morgan fingerprint density at radius 2 is 1.56 bits per heavy atom. The van der Waals surface area contributed by atoms with Gasteiger partial charge in [-0.2, -0.15) is 0 Å². The lowest BCUT2D eigenvalue weighted by Gasteiger charge is -2.39. The van der Waals surface area contributed by atoms with Crippen LogP contribution in [0.3, 0.4) is 0 Å². The zero-order valence-electron chi connectivity index (χ0n) is 15.0. The third-order valence-electron chi connectivity index (χ3n) is 6.27. The minimum absolute atomic E-state index is 0.0252. The van der Waals surface area contributed by atoms with Gasteiger partial charge in [0.15, 0.2) is 0 Å². The maximum Gasteiger partial charge on any atom is 0.261 e. The highest BCUT2D eigenvalue weighted by atomic mass is 16.2. The maximum absolute atomic E-state index is 13.0. The molecule has 136 valence electrons. The Morgan fingerprint density at radius 3 is 2.19 bits per heavy atom.